The lowest BCUT2D eigenvalue weighted by Crippen LogP contribution is -2.54. The van der Waals surface area contributed by atoms with Crippen molar-refractivity contribution < 1.29 is 18.8 Å². The first-order valence-corrected chi connectivity index (χ1v) is 7.14. The van der Waals surface area contributed by atoms with Crippen LogP contribution in [0, 0.1) is 11.2 Å². The molecule has 0 bridgehead atoms. The van der Waals surface area contributed by atoms with Crippen LogP contribution >= 0.6 is 0 Å². The molecule has 2 amide bonds. The number of amidine groups is 1. The third-order valence-electron chi connectivity index (χ3n) is 3.30. The number of nitrogens with zero attached hydrogens (tertiary/aromatic N) is 1. The van der Waals surface area contributed by atoms with Crippen molar-refractivity contribution in [3.63, 3.8) is 0 Å². The van der Waals surface area contributed by atoms with E-state index in [1.807, 2.05) is 20.8 Å². The van der Waals surface area contributed by atoms with Gasteiger partial charge in [-0.1, -0.05) is 32.9 Å². The maximum Gasteiger partial charge on any atom is 0.295 e. The SMILES string of the molecule is CC(C)(C)C1=NC(C(=O)NCc2ccc(F)cc2)C(=O)C(=O)N1. The molecule has 1 aromatic rings. The Morgan fingerprint density at radius 2 is 1.87 bits per heavy atom. The van der Waals surface area contributed by atoms with E-state index in [0.29, 0.717) is 11.4 Å². The standard InChI is InChI=1S/C16H18FN3O3/c1-16(2,3)15-19-11(12(21)14(23)20-15)13(22)18-8-9-4-6-10(17)7-5-9/h4-7,11H,8H2,1-3H3,(H,18,22)(H,19,20,23). The number of benzene rings is 1. The van der Waals surface area contributed by atoms with Crippen molar-refractivity contribution in [3.8, 4) is 0 Å². The molecule has 2 rings (SSSR count). The number of carbonyl (C=O) groups is 3. The lowest BCUT2D eigenvalue weighted by molar-refractivity contribution is -0.141. The number of carbonyl (C=O) groups excluding carboxylic acids is 3. The van der Waals surface area contributed by atoms with Crippen LogP contribution in [-0.2, 0) is 20.9 Å². The van der Waals surface area contributed by atoms with Gasteiger partial charge in [0.2, 0.25) is 0 Å². The molecule has 0 spiro atoms. The molecule has 1 unspecified atom stereocenters. The molecule has 2 N–H and O–H groups in total. The zero-order valence-electron chi connectivity index (χ0n) is 13.1. The van der Waals surface area contributed by atoms with Crippen molar-refractivity contribution in [2.24, 2.45) is 10.4 Å². The molecule has 1 aromatic carbocycles. The molecule has 1 aliphatic rings. The number of nitrogens with one attached hydrogen (secondary N) is 2. The predicted molar refractivity (Wildman–Crippen MR) is 82.1 cm³/mol. The van der Waals surface area contributed by atoms with Gasteiger partial charge in [-0.2, -0.15) is 0 Å². The van der Waals surface area contributed by atoms with Gasteiger partial charge in [-0.15, -0.1) is 0 Å². The highest BCUT2D eigenvalue weighted by Crippen LogP contribution is 2.18. The van der Waals surface area contributed by atoms with Gasteiger partial charge in [0, 0.05) is 12.0 Å². The fourth-order valence-corrected chi connectivity index (χ4v) is 1.96. The molecule has 0 saturated heterocycles. The number of rotatable bonds is 3. The van der Waals surface area contributed by atoms with Gasteiger partial charge in [0.25, 0.3) is 17.6 Å². The highest BCUT2D eigenvalue weighted by molar-refractivity contribution is 6.46. The smallest absolute Gasteiger partial charge is 0.295 e. The van der Waals surface area contributed by atoms with Crippen LogP contribution in [0.3, 0.4) is 0 Å². The molecule has 1 atom stereocenters. The van der Waals surface area contributed by atoms with Crippen molar-refractivity contribution in [1.29, 1.82) is 0 Å². The fraction of sp³-hybridized carbons (Fsp3) is 0.375. The molecule has 122 valence electrons. The second-order valence-corrected chi connectivity index (χ2v) is 6.29. The van der Waals surface area contributed by atoms with Crippen LogP contribution in [0.1, 0.15) is 26.3 Å². The van der Waals surface area contributed by atoms with E-state index in [1.165, 1.54) is 24.3 Å². The van der Waals surface area contributed by atoms with Crippen molar-refractivity contribution in [1.82, 2.24) is 10.6 Å². The Morgan fingerprint density at radius 1 is 1.26 bits per heavy atom. The van der Waals surface area contributed by atoms with Crippen LogP contribution in [0.5, 0.6) is 0 Å². The lowest BCUT2D eigenvalue weighted by Gasteiger charge is -2.27. The van der Waals surface area contributed by atoms with Gasteiger partial charge in [-0.3, -0.25) is 14.4 Å². The number of Topliss-reactive ketones (excluding diaryl/α,β-unsaturated/α-hetero) is 1. The molecule has 0 radical (unpaired) electrons. The lowest BCUT2D eigenvalue weighted by atomic mass is 9.93. The summed E-state index contributed by atoms with van der Waals surface area (Å²) in [6.07, 6.45) is 0. The fourth-order valence-electron chi connectivity index (χ4n) is 1.96. The largest absolute Gasteiger partial charge is 0.350 e. The molecule has 1 aliphatic heterocycles. The second-order valence-electron chi connectivity index (χ2n) is 6.29. The highest BCUT2D eigenvalue weighted by atomic mass is 19.1. The summed E-state index contributed by atoms with van der Waals surface area (Å²) in [6, 6.07) is 4.20. The Kier molecular flexibility index (Phi) is 4.58. The monoisotopic (exact) mass is 319 g/mol. The van der Waals surface area contributed by atoms with Crippen LogP contribution in [0.15, 0.2) is 29.3 Å². The van der Waals surface area contributed by atoms with Gasteiger partial charge in [-0.05, 0) is 17.7 Å². The summed E-state index contributed by atoms with van der Waals surface area (Å²) in [5, 5.41) is 4.95. The Morgan fingerprint density at radius 3 is 2.43 bits per heavy atom. The zero-order valence-corrected chi connectivity index (χ0v) is 13.1. The van der Waals surface area contributed by atoms with E-state index in [-0.39, 0.29) is 12.4 Å². The maximum absolute atomic E-state index is 12.8. The summed E-state index contributed by atoms with van der Waals surface area (Å²) in [6.45, 7) is 5.56. The van der Waals surface area contributed by atoms with E-state index in [9.17, 15) is 18.8 Å². The van der Waals surface area contributed by atoms with Gasteiger partial charge in [-0.25, -0.2) is 9.38 Å². The Labute approximate surface area is 133 Å². The van der Waals surface area contributed by atoms with Crippen molar-refractivity contribution in [3.05, 3.63) is 35.6 Å². The van der Waals surface area contributed by atoms with Crippen LogP contribution in [0.25, 0.3) is 0 Å². The molecular formula is C16H18FN3O3. The molecule has 1 heterocycles. The zero-order chi connectivity index (χ0) is 17.2. The molecule has 0 aromatic heterocycles. The molecule has 0 fully saturated rings. The van der Waals surface area contributed by atoms with Crippen LogP contribution in [-0.4, -0.2) is 29.5 Å². The Hall–Kier alpha value is -2.57. The summed E-state index contributed by atoms with van der Waals surface area (Å²) in [4.78, 5) is 39.8. The average molecular weight is 319 g/mol. The summed E-state index contributed by atoms with van der Waals surface area (Å²) in [5.74, 6) is -2.47. The van der Waals surface area contributed by atoms with Crippen molar-refractivity contribution in [2.75, 3.05) is 0 Å². The van der Waals surface area contributed by atoms with E-state index in [2.05, 4.69) is 15.6 Å². The van der Waals surface area contributed by atoms with Gasteiger partial charge < -0.3 is 10.6 Å². The number of hydrogen-bond acceptors (Lipinski definition) is 4. The molecule has 0 aliphatic carbocycles. The molecule has 6 nitrogen and oxygen atoms in total. The maximum atomic E-state index is 12.8. The molecule has 0 saturated carbocycles. The highest BCUT2D eigenvalue weighted by Gasteiger charge is 2.38. The number of amides is 2. The minimum absolute atomic E-state index is 0.116. The summed E-state index contributed by atoms with van der Waals surface area (Å²) >= 11 is 0. The van der Waals surface area contributed by atoms with Crippen LogP contribution in [0.4, 0.5) is 4.39 Å². The first-order valence-electron chi connectivity index (χ1n) is 7.14. The van der Waals surface area contributed by atoms with E-state index in [4.69, 9.17) is 0 Å². The Bertz CT molecular complexity index is 675. The van der Waals surface area contributed by atoms with Gasteiger partial charge in [0.1, 0.15) is 11.7 Å². The molecule has 23 heavy (non-hydrogen) atoms. The van der Waals surface area contributed by atoms with Gasteiger partial charge in [0.15, 0.2) is 6.04 Å². The average Bonchev–Trinajstić information content (AvgIpc) is 2.48. The summed E-state index contributed by atoms with van der Waals surface area (Å²) in [7, 11) is 0. The van der Waals surface area contributed by atoms with Crippen LogP contribution < -0.4 is 10.6 Å². The quantitative estimate of drug-likeness (QED) is 0.642. The molecular weight excluding hydrogens is 301 g/mol. The molecule has 7 heteroatoms. The number of ketones is 1. The summed E-state index contributed by atoms with van der Waals surface area (Å²) < 4.78 is 12.8. The van der Waals surface area contributed by atoms with E-state index >= 15 is 0 Å². The van der Waals surface area contributed by atoms with E-state index < -0.39 is 29.1 Å². The van der Waals surface area contributed by atoms with Gasteiger partial charge in [0.05, 0.1) is 0 Å². The minimum Gasteiger partial charge on any atom is -0.350 e. The Balaban J connectivity index is 2.11. The topological polar surface area (TPSA) is 87.6 Å². The first-order chi connectivity index (χ1) is 10.7. The number of halogens is 1. The third-order valence-corrected chi connectivity index (χ3v) is 3.30. The van der Waals surface area contributed by atoms with Crippen molar-refractivity contribution >= 4 is 23.4 Å². The first kappa shape index (κ1) is 16.8. The predicted octanol–water partition coefficient (Wildman–Crippen LogP) is 0.954. The number of hydrogen-bond donors (Lipinski definition) is 2. The minimum atomic E-state index is -1.39. The van der Waals surface area contributed by atoms with Crippen molar-refractivity contribution in [2.45, 2.75) is 33.4 Å². The number of aliphatic imine (C=N–C) groups is 1. The van der Waals surface area contributed by atoms with E-state index in [1.54, 1.807) is 0 Å². The van der Waals surface area contributed by atoms with Gasteiger partial charge >= 0.3 is 0 Å². The van der Waals surface area contributed by atoms with E-state index in [0.717, 1.165) is 0 Å². The second kappa shape index (κ2) is 6.28. The van der Waals surface area contributed by atoms with Crippen LogP contribution in [0.2, 0.25) is 0 Å². The third kappa shape index (κ3) is 4.00. The summed E-state index contributed by atoms with van der Waals surface area (Å²) in [5.41, 5.74) is 0.179. The normalized spacial score (nSPS) is 18.3.